The van der Waals surface area contributed by atoms with Gasteiger partial charge in [0.25, 0.3) is 5.91 Å². The number of fused-ring (bicyclic) bond motifs is 1. The van der Waals surface area contributed by atoms with E-state index in [-0.39, 0.29) is 34.9 Å². The van der Waals surface area contributed by atoms with Crippen LogP contribution in [-0.4, -0.2) is 74.6 Å². The first-order valence-electron chi connectivity index (χ1n) is 13.8. The molecule has 14 heteroatoms. The molecule has 0 atom stereocenters. The molecule has 6 rings (SSSR count). The van der Waals surface area contributed by atoms with Crippen molar-refractivity contribution < 1.29 is 28.2 Å². The molecule has 228 valence electrons. The lowest BCUT2D eigenvalue weighted by molar-refractivity contribution is 0.00675. The monoisotopic (exact) mass is 622 g/mol. The number of likely N-dealkylation sites (tertiary alicyclic amines) is 1. The van der Waals surface area contributed by atoms with E-state index >= 15 is 0 Å². The highest BCUT2D eigenvalue weighted by Crippen LogP contribution is 2.37. The van der Waals surface area contributed by atoms with Crippen molar-refractivity contribution in [3.05, 3.63) is 98.4 Å². The van der Waals surface area contributed by atoms with E-state index in [0.717, 1.165) is 29.0 Å². The summed E-state index contributed by atoms with van der Waals surface area (Å²) in [6.45, 7) is 0.766. The molecule has 0 bridgehead atoms. The Balaban J connectivity index is 1.24. The second-order valence-electron chi connectivity index (χ2n) is 10.7. The Hall–Kier alpha value is -4.85. The molecule has 4 aromatic rings. The predicted molar refractivity (Wildman–Crippen MR) is 157 cm³/mol. The van der Waals surface area contributed by atoms with Crippen LogP contribution in [-0.2, 0) is 17.8 Å². The third kappa shape index (κ3) is 5.04. The molecule has 4 heterocycles. The van der Waals surface area contributed by atoms with Crippen LogP contribution in [0.25, 0.3) is 10.6 Å². The fraction of sp³-hybridized carbons (Fsp3) is 0.300. The summed E-state index contributed by atoms with van der Waals surface area (Å²) >= 11 is 1.02. The highest BCUT2D eigenvalue weighted by molar-refractivity contribution is 7.14. The maximum atomic E-state index is 14.2. The van der Waals surface area contributed by atoms with Crippen molar-refractivity contribution in [3.63, 3.8) is 0 Å². The predicted octanol–water partition coefficient (Wildman–Crippen LogP) is 3.72. The van der Waals surface area contributed by atoms with Crippen LogP contribution in [0.5, 0.6) is 5.75 Å². The number of pyridine rings is 1. The van der Waals surface area contributed by atoms with Gasteiger partial charge in [0.2, 0.25) is 5.43 Å². The average Bonchev–Trinajstić information content (AvgIpc) is 3.49. The fourth-order valence-electron chi connectivity index (χ4n) is 5.72. The lowest BCUT2D eigenvalue weighted by Gasteiger charge is -2.55. The van der Waals surface area contributed by atoms with Crippen molar-refractivity contribution in [2.45, 2.75) is 31.5 Å². The highest BCUT2D eigenvalue weighted by Gasteiger charge is 2.50. The summed E-state index contributed by atoms with van der Waals surface area (Å²) in [6, 6.07) is 12.6. The minimum absolute atomic E-state index is 0.0101. The van der Waals surface area contributed by atoms with Gasteiger partial charge in [-0.05, 0) is 17.2 Å². The summed E-state index contributed by atoms with van der Waals surface area (Å²) < 4.78 is 34.4. The topological polar surface area (TPSA) is 121 Å². The van der Waals surface area contributed by atoms with Gasteiger partial charge in [0.1, 0.15) is 28.9 Å². The molecule has 44 heavy (non-hydrogen) atoms. The van der Waals surface area contributed by atoms with Crippen LogP contribution in [0, 0.1) is 11.6 Å². The molecule has 1 N–H and O–H groups in total. The van der Waals surface area contributed by atoms with E-state index in [1.807, 2.05) is 30.3 Å². The standard InChI is InChI=1S/C30H28F2N6O5S/c1-35-28(41)24-26(40)25(39)21(27-34-33-23(44-27)14-19-8-9-20(31)15-22(19)32)16-38(24)36(2)30(35)10-12-37(13-11-30)29(42)43-17-18-6-4-3-5-7-18/h3-9,15-16,40H,10-14,17H2,1-2H3. The van der Waals surface area contributed by atoms with E-state index in [4.69, 9.17) is 4.74 Å². The number of carbonyl (C=O) groups excluding carboxylic acids is 2. The first-order valence-corrected chi connectivity index (χ1v) is 14.6. The molecule has 2 aromatic heterocycles. The third-order valence-corrected chi connectivity index (χ3v) is 9.26. The third-order valence-electron chi connectivity index (χ3n) is 8.30. The SMILES string of the molecule is CN1C(=O)c2c(O)c(=O)c(-c3nnc(Cc4ccc(F)cc4F)s3)cn2N(C)C12CCN(C(=O)OCc1ccccc1)CC2. The lowest BCUT2D eigenvalue weighted by atomic mass is 9.93. The second kappa shape index (κ2) is 11.3. The summed E-state index contributed by atoms with van der Waals surface area (Å²) in [5, 5.41) is 21.4. The molecule has 2 amide bonds. The summed E-state index contributed by atoms with van der Waals surface area (Å²) in [4.78, 5) is 42.7. The summed E-state index contributed by atoms with van der Waals surface area (Å²) in [5.41, 5.74) is -0.768. The van der Waals surface area contributed by atoms with E-state index < -0.39 is 40.5 Å². The number of piperidine rings is 1. The van der Waals surface area contributed by atoms with Gasteiger partial charge in [0.05, 0.1) is 5.56 Å². The molecular weight excluding hydrogens is 594 g/mol. The number of nitrogens with zero attached hydrogens (tertiary/aromatic N) is 6. The van der Waals surface area contributed by atoms with Crippen LogP contribution in [0.15, 0.2) is 59.5 Å². The Morgan fingerprint density at radius 3 is 2.50 bits per heavy atom. The van der Waals surface area contributed by atoms with Crippen LogP contribution in [0.1, 0.15) is 39.5 Å². The fourth-order valence-corrected chi connectivity index (χ4v) is 6.59. The van der Waals surface area contributed by atoms with Crippen molar-refractivity contribution in [2.24, 2.45) is 0 Å². The zero-order chi connectivity index (χ0) is 31.2. The normalized spacial score (nSPS) is 15.9. The maximum absolute atomic E-state index is 14.2. The van der Waals surface area contributed by atoms with Crippen molar-refractivity contribution in [1.29, 1.82) is 0 Å². The Morgan fingerprint density at radius 1 is 1.07 bits per heavy atom. The summed E-state index contributed by atoms with van der Waals surface area (Å²) in [7, 11) is 3.35. The number of rotatable bonds is 5. The van der Waals surface area contributed by atoms with Gasteiger partial charge in [0.15, 0.2) is 16.5 Å². The second-order valence-corrected chi connectivity index (χ2v) is 11.8. The summed E-state index contributed by atoms with van der Waals surface area (Å²) in [6.07, 6.45) is 1.76. The molecule has 0 unspecified atom stereocenters. The van der Waals surface area contributed by atoms with Crippen LogP contribution in [0.3, 0.4) is 0 Å². The van der Waals surface area contributed by atoms with Gasteiger partial charge in [0, 0.05) is 58.7 Å². The molecule has 2 aliphatic heterocycles. The molecule has 1 saturated heterocycles. The van der Waals surface area contributed by atoms with Crippen LogP contribution in [0.4, 0.5) is 13.6 Å². The minimum atomic E-state index is -0.870. The molecule has 2 aromatic carbocycles. The number of aromatic hydroxyl groups is 1. The van der Waals surface area contributed by atoms with E-state index in [1.54, 1.807) is 24.0 Å². The zero-order valence-electron chi connectivity index (χ0n) is 23.9. The van der Waals surface area contributed by atoms with Crippen LogP contribution in [0.2, 0.25) is 0 Å². The molecule has 0 saturated carbocycles. The number of ether oxygens (including phenoxy) is 1. The number of benzene rings is 2. The van der Waals surface area contributed by atoms with Gasteiger partial charge in [-0.15, -0.1) is 10.2 Å². The van der Waals surface area contributed by atoms with Crippen molar-refractivity contribution in [1.82, 2.24) is 24.7 Å². The van der Waals surface area contributed by atoms with E-state index in [0.29, 0.717) is 30.9 Å². The number of carbonyl (C=O) groups is 2. The number of hydrogen-bond acceptors (Lipinski definition) is 9. The minimum Gasteiger partial charge on any atom is -0.502 e. The van der Waals surface area contributed by atoms with Gasteiger partial charge < -0.3 is 19.6 Å². The van der Waals surface area contributed by atoms with Gasteiger partial charge in [-0.3, -0.25) is 19.3 Å². The largest absolute Gasteiger partial charge is 0.502 e. The molecule has 0 aliphatic carbocycles. The van der Waals surface area contributed by atoms with Gasteiger partial charge >= 0.3 is 6.09 Å². The molecule has 1 spiro atoms. The smallest absolute Gasteiger partial charge is 0.410 e. The number of hydrogen-bond donors (Lipinski definition) is 1. The van der Waals surface area contributed by atoms with E-state index in [9.17, 15) is 28.3 Å². The average molecular weight is 623 g/mol. The molecule has 0 radical (unpaired) electrons. The Kier molecular flexibility index (Phi) is 7.53. The first kappa shape index (κ1) is 29.2. The van der Waals surface area contributed by atoms with Gasteiger partial charge in [-0.2, -0.15) is 0 Å². The Morgan fingerprint density at radius 2 is 1.80 bits per heavy atom. The quantitative estimate of drug-likeness (QED) is 0.358. The zero-order valence-corrected chi connectivity index (χ0v) is 24.7. The number of aromatic nitrogens is 3. The molecule has 11 nitrogen and oxygen atoms in total. The van der Waals surface area contributed by atoms with Crippen LogP contribution < -0.4 is 10.4 Å². The Bertz CT molecular complexity index is 1810. The maximum Gasteiger partial charge on any atom is 0.410 e. The number of halogens is 2. The van der Waals surface area contributed by atoms with Crippen molar-refractivity contribution in [3.8, 4) is 16.3 Å². The van der Waals surface area contributed by atoms with Crippen molar-refractivity contribution >= 4 is 23.3 Å². The van der Waals surface area contributed by atoms with Gasteiger partial charge in [-0.1, -0.05) is 47.7 Å². The number of amides is 2. The van der Waals surface area contributed by atoms with E-state index in [2.05, 4.69) is 10.2 Å². The van der Waals surface area contributed by atoms with Crippen molar-refractivity contribution in [2.75, 3.05) is 32.2 Å². The highest BCUT2D eigenvalue weighted by atomic mass is 32.1. The van der Waals surface area contributed by atoms with E-state index in [1.165, 1.54) is 21.8 Å². The molecule has 1 fully saturated rings. The Labute approximate surface area is 254 Å². The van der Waals surface area contributed by atoms with Crippen LogP contribution >= 0.6 is 11.3 Å². The van der Waals surface area contributed by atoms with Gasteiger partial charge in [-0.25, -0.2) is 13.6 Å². The lowest BCUT2D eigenvalue weighted by Crippen LogP contribution is -2.71. The molecule has 2 aliphatic rings. The molecular formula is C30H28F2N6O5S. The first-order chi connectivity index (χ1) is 21.1. The summed E-state index contributed by atoms with van der Waals surface area (Å²) in [5.74, 6) is -2.70.